The molecule has 4 rings (SSSR count). The molecule has 1 fully saturated rings. The number of phenolic OH excluding ortho intramolecular Hbond substituents is 1. The first-order valence-corrected chi connectivity index (χ1v) is 11.9. The van der Waals surface area contributed by atoms with Gasteiger partial charge in [-0.3, -0.25) is 14.8 Å². The van der Waals surface area contributed by atoms with Gasteiger partial charge < -0.3 is 20.1 Å². The lowest BCUT2D eigenvalue weighted by molar-refractivity contribution is -0.139. The minimum absolute atomic E-state index is 0.166. The number of methoxy groups -OCH3 is 1. The number of piperazine rings is 1. The Bertz CT molecular complexity index is 1280. The first-order valence-electron chi connectivity index (χ1n) is 11.9. The molecule has 0 aliphatic carbocycles. The van der Waals surface area contributed by atoms with E-state index < -0.39 is 11.5 Å². The van der Waals surface area contributed by atoms with Gasteiger partial charge >= 0.3 is 12.0 Å². The van der Waals surface area contributed by atoms with Crippen LogP contribution in [0.2, 0.25) is 0 Å². The number of pyridine rings is 1. The number of nitrogens with zero attached hydrogens (tertiary/aromatic N) is 4. The average Bonchev–Trinajstić information content (AvgIpc) is 3.20. The lowest BCUT2D eigenvalue weighted by Crippen LogP contribution is -2.69. The first kappa shape index (κ1) is 25.4. The highest BCUT2D eigenvalue weighted by atomic mass is 16.5. The number of aromatic nitrogens is 3. The summed E-state index contributed by atoms with van der Waals surface area (Å²) in [6.45, 7) is 11.8. The SMILES string of the molecule is COC(=O)CNC(=O)N1CC(C)(C)N(Cc2cc(-c3ccc(O)cc3)nc3[nH]nc(C)c23)CC1(C)C. The summed E-state index contributed by atoms with van der Waals surface area (Å²) in [7, 11) is 1.30. The lowest BCUT2D eigenvalue weighted by atomic mass is 9.88. The summed E-state index contributed by atoms with van der Waals surface area (Å²) in [4.78, 5) is 33.4. The van der Waals surface area contributed by atoms with Gasteiger partial charge in [0.25, 0.3) is 0 Å². The van der Waals surface area contributed by atoms with E-state index in [2.05, 4.69) is 45.1 Å². The zero-order valence-electron chi connectivity index (χ0n) is 21.7. The van der Waals surface area contributed by atoms with Crippen LogP contribution in [0.5, 0.6) is 5.75 Å². The lowest BCUT2D eigenvalue weighted by Gasteiger charge is -2.55. The van der Waals surface area contributed by atoms with Crippen molar-refractivity contribution in [2.75, 3.05) is 26.7 Å². The molecule has 0 radical (unpaired) electrons. The second-order valence-corrected chi connectivity index (χ2v) is 10.5. The second-order valence-electron chi connectivity index (χ2n) is 10.5. The number of carbonyl (C=O) groups is 2. The number of carbonyl (C=O) groups excluding carboxylic acids is 2. The number of nitrogens with one attached hydrogen (secondary N) is 2. The molecule has 10 heteroatoms. The maximum absolute atomic E-state index is 12.9. The third-order valence-corrected chi connectivity index (χ3v) is 6.88. The molecule has 3 N–H and O–H groups in total. The van der Waals surface area contributed by atoms with E-state index in [1.807, 2.05) is 32.9 Å². The number of aryl methyl sites for hydroxylation is 1. The van der Waals surface area contributed by atoms with E-state index in [-0.39, 0.29) is 23.9 Å². The molecule has 192 valence electrons. The summed E-state index contributed by atoms with van der Waals surface area (Å²) in [5, 5.41) is 20.8. The summed E-state index contributed by atoms with van der Waals surface area (Å²) in [5.41, 5.74) is 3.54. The smallest absolute Gasteiger partial charge is 0.325 e. The number of ether oxygens (including phenoxy) is 1. The van der Waals surface area contributed by atoms with Gasteiger partial charge in [-0.2, -0.15) is 5.10 Å². The van der Waals surface area contributed by atoms with E-state index >= 15 is 0 Å². The number of aromatic amines is 1. The number of esters is 1. The number of aromatic hydroxyl groups is 1. The standard InChI is InChI=1S/C26H34N6O4/c1-16-22-18(11-20(28-23(22)30-29-16)17-7-9-19(33)10-8-17)13-31-14-26(4,5)32(15-25(31,2)3)24(35)27-12-21(34)36-6/h7-11,33H,12-15H2,1-6H3,(H,27,35)(H,28,29,30). The van der Waals surface area contributed by atoms with Crippen molar-refractivity contribution in [3.63, 3.8) is 0 Å². The van der Waals surface area contributed by atoms with Crippen LogP contribution < -0.4 is 5.32 Å². The normalized spacial score (nSPS) is 17.2. The van der Waals surface area contributed by atoms with E-state index in [9.17, 15) is 14.7 Å². The Morgan fingerprint density at radius 2 is 1.83 bits per heavy atom. The topological polar surface area (TPSA) is 124 Å². The molecule has 10 nitrogen and oxygen atoms in total. The molecule has 0 atom stereocenters. The number of amides is 2. The van der Waals surface area contributed by atoms with Crippen LogP contribution in [-0.4, -0.2) is 79.9 Å². The van der Waals surface area contributed by atoms with Gasteiger partial charge in [-0.1, -0.05) is 0 Å². The molecule has 2 aromatic heterocycles. The van der Waals surface area contributed by atoms with Gasteiger partial charge in [-0.15, -0.1) is 0 Å². The first-order chi connectivity index (χ1) is 16.9. The summed E-state index contributed by atoms with van der Waals surface area (Å²) in [5.74, 6) is -0.282. The number of fused-ring (bicyclic) bond motifs is 1. The van der Waals surface area contributed by atoms with Crippen LogP contribution in [0.1, 0.15) is 39.0 Å². The highest BCUT2D eigenvalue weighted by Crippen LogP contribution is 2.34. The summed E-state index contributed by atoms with van der Waals surface area (Å²) in [6.07, 6.45) is 0. The van der Waals surface area contributed by atoms with E-state index in [1.165, 1.54) is 7.11 Å². The zero-order chi connectivity index (χ0) is 26.3. The van der Waals surface area contributed by atoms with Crippen molar-refractivity contribution in [2.45, 2.75) is 52.2 Å². The second kappa shape index (κ2) is 9.42. The highest BCUT2D eigenvalue weighted by molar-refractivity contribution is 5.85. The molecule has 1 aliphatic heterocycles. The predicted molar refractivity (Wildman–Crippen MR) is 136 cm³/mol. The van der Waals surface area contributed by atoms with E-state index in [1.54, 1.807) is 17.0 Å². The molecule has 0 spiro atoms. The summed E-state index contributed by atoms with van der Waals surface area (Å²) < 4.78 is 4.64. The van der Waals surface area contributed by atoms with Crippen LogP contribution in [0.3, 0.4) is 0 Å². The number of urea groups is 1. The Morgan fingerprint density at radius 1 is 1.14 bits per heavy atom. The zero-order valence-corrected chi connectivity index (χ0v) is 21.7. The van der Waals surface area contributed by atoms with Crippen LogP contribution in [0.25, 0.3) is 22.3 Å². The molecule has 1 aliphatic rings. The molecule has 0 saturated carbocycles. The fraction of sp³-hybridized carbons (Fsp3) is 0.462. The number of benzene rings is 1. The quantitative estimate of drug-likeness (QED) is 0.465. The Morgan fingerprint density at radius 3 is 2.50 bits per heavy atom. The van der Waals surface area contributed by atoms with Gasteiger partial charge in [0.05, 0.1) is 24.0 Å². The molecule has 3 heterocycles. The molecular formula is C26H34N6O4. The number of hydrogen-bond donors (Lipinski definition) is 3. The molecular weight excluding hydrogens is 460 g/mol. The molecule has 1 saturated heterocycles. The average molecular weight is 495 g/mol. The maximum atomic E-state index is 12.9. The molecule has 0 bridgehead atoms. The van der Waals surface area contributed by atoms with Gasteiger partial charge in [-0.25, -0.2) is 9.78 Å². The summed E-state index contributed by atoms with van der Waals surface area (Å²) in [6, 6.07) is 8.77. The van der Waals surface area contributed by atoms with Crippen LogP contribution in [-0.2, 0) is 16.1 Å². The fourth-order valence-corrected chi connectivity index (χ4v) is 4.79. The molecule has 2 amide bonds. The summed E-state index contributed by atoms with van der Waals surface area (Å²) >= 11 is 0. The van der Waals surface area contributed by atoms with Gasteiger partial charge in [0.15, 0.2) is 5.65 Å². The van der Waals surface area contributed by atoms with Crippen molar-refractivity contribution in [2.24, 2.45) is 0 Å². The van der Waals surface area contributed by atoms with Crippen LogP contribution >= 0.6 is 0 Å². The Labute approximate surface area is 210 Å². The predicted octanol–water partition coefficient (Wildman–Crippen LogP) is 3.20. The van der Waals surface area contributed by atoms with Crippen molar-refractivity contribution in [1.29, 1.82) is 0 Å². The Hall–Kier alpha value is -3.66. The molecule has 1 aromatic carbocycles. The fourth-order valence-electron chi connectivity index (χ4n) is 4.79. The van der Waals surface area contributed by atoms with E-state index in [4.69, 9.17) is 4.98 Å². The van der Waals surface area contributed by atoms with Gasteiger partial charge in [0.1, 0.15) is 12.3 Å². The third-order valence-electron chi connectivity index (χ3n) is 6.88. The van der Waals surface area contributed by atoms with Crippen LogP contribution in [0, 0.1) is 6.92 Å². The third kappa shape index (κ3) is 4.99. The van der Waals surface area contributed by atoms with Crippen LogP contribution in [0.15, 0.2) is 30.3 Å². The van der Waals surface area contributed by atoms with Crippen molar-refractivity contribution >= 4 is 23.0 Å². The van der Waals surface area contributed by atoms with Gasteiger partial charge in [0, 0.05) is 36.1 Å². The molecule has 36 heavy (non-hydrogen) atoms. The van der Waals surface area contributed by atoms with Crippen molar-refractivity contribution in [3.05, 3.63) is 41.6 Å². The van der Waals surface area contributed by atoms with Gasteiger partial charge in [0.2, 0.25) is 0 Å². The van der Waals surface area contributed by atoms with E-state index in [0.29, 0.717) is 25.3 Å². The minimum Gasteiger partial charge on any atom is -0.508 e. The molecule has 3 aromatic rings. The number of rotatable bonds is 5. The monoisotopic (exact) mass is 494 g/mol. The van der Waals surface area contributed by atoms with Crippen LogP contribution in [0.4, 0.5) is 4.79 Å². The van der Waals surface area contributed by atoms with Gasteiger partial charge in [-0.05, 0) is 70.5 Å². The highest BCUT2D eigenvalue weighted by Gasteiger charge is 2.45. The number of phenols is 1. The van der Waals surface area contributed by atoms with Crippen molar-refractivity contribution in [3.8, 4) is 17.0 Å². The van der Waals surface area contributed by atoms with E-state index in [0.717, 1.165) is 27.9 Å². The van der Waals surface area contributed by atoms with Crippen molar-refractivity contribution in [1.82, 2.24) is 30.3 Å². The molecule has 0 unspecified atom stereocenters. The minimum atomic E-state index is -0.485. The van der Waals surface area contributed by atoms with Crippen molar-refractivity contribution < 1.29 is 19.4 Å². The maximum Gasteiger partial charge on any atom is 0.325 e. The number of H-pyrrole nitrogens is 1. The Kier molecular flexibility index (Phi) is 6.66. The Balaban J connectivity index is 1.64. The number of hydrogen-bond acceptors (Lipinski definition) is 7. The largest absolute Gasteiger partial charge is 0.508 e.